The van der Waals surface area contributed by atoms with E-state index in [1.165, 1.54) is 11.8 Å². The number of benzene rings is 1. The number of nitrogens with zero attached hydrogens (tertiary/aromatic N) is 2. The van der Waals surface area contributed by atoms with Crippen molar-refractivity contribution in [1.82, 2.24) is 9.55 Å². The van der Waals surface area contributed by atoms with Crippen molar-refractivity contribution in [3.05, 3.63) is 87.4 Å². The number of pyridine rings is 1. The Morgan fingerprint density at radius 1 is 1.11 bits per heavy atom. The van der Waals surface area contributed by atoms with E-state index in [0.29, 0.717) is 15.6 Å². The van der Waals surface area contributed by atoms with Gasteiger partial charge in [-0.2, -0.15) is 0 Å². The van der Waals surface area contributed by atoms with Gasteiger partial charge in [-0.3, -0.25) is 9.78 Å². The smallest absolute Gasteiger partial charge is 0.340 e. The quantitative estimate of drug-likeness (QED) is 0.399. The number of carbonyl (C=O) groups is 2. The van der Waals surface area contributed by atoms with E-state index in [1.54, 1.807) is 12.3 Å². The van der Waals surface area contributed by atoms with Gasteiger partial charge in [-0.15, -0.1) is 0 Å². The molecule has 0 bridgehead atoms. The minimum atomic E-state index is -0.569. The monoisotopic (exact) mass is 440 g/mol. The normalized spacial score (nSPS) is 10.7. The lowest BCUT2D eigenvalue weighted by atomic mass is 10.1. The molecule has 0 unspecified atom stereocenters. The highest BCUT2D eigenvalue weighted by Crippen LogP contribution is 2.17. The summed E-state index contributed by atoms with van der Waals surface area (Å²) in [6, 6.07) is 13.7. The second-order valence-electron chi connectivity index (χ2n) is 6.56. The summed E-state index contributed by atoms with van der Waals surface area (Å²) in [6.07, 6.45) is 3.87. The van der Waals surface area contributed by atoms with Gasteiger partial charge >= 0.3 is 5.97 Å². The Bertz CT molecular complexity index is 996. The molecular formula is C22H21BrN2O3. The summed E-state index contributed by atoms with van der Waals surface area (Å²) in [5.41, 5.74) is 4.04. The minimum absolute atomic E-state index is 0.213. The summed E-state index contributed by atoms with van der Waals surface area (Å²) in [5.74, 6) is -0.782. The van der Waals surface area contributed by atoms with Gasteiger partial charge in [0, 0.05) is 40.4 Å². The summed E-state index contributed by atoms with van der Waals surface area (Å²) in [7, 11) is 0. The molecule has 3 aromatic rings. The molecule has 144 valence electrons. The van der Waals surface area contributed by atoms with Crippen LogP contribution in [0, 0.1) is 13.8 Å². The van der Waals surface area contributed by atoms with Gasteiger partial charge < -0.3 is 9.30 Å². The van der Waals surface area contributed by atoms with Crippen molar-refractivity contribution in [3.63, 3.8) is 0 Å². The predicted octanol–water partition coefficient (Wildman–Crippen LogP) is 4.54. The molecule has 0 saturated heterocycles. The third-order valence-electron chi connectivity index (χ3n) is 4.62. The van der Waals surface area contributed by atoms with E-state index in [1.807, 2.05) is 38.1 Å². The molecule has 5 nitrogen and oxygen atoms in total. The lowest BCUT2D eigenvalue weighted by molar-refractivity contribution is 0.0474. The lowest BCUT2D eigenvalue weighted by Crippen LogP contribution is -2.15. The number of rotatable bonds is 7. The van der Waals surface area contributed by atoms with Gasteiger partial charge in [0.2, 0.25) is 5.78 Å². The Kier molecular flexibility index (Phi) is 6.41. The molecule has 0 spiro atoms. The lowest BCUT2D eigenvalue weighted by Gasteiger charge is -2.10. The molecule has 0 aliphatic rings. The number of hydrogen-bond donors (Lipinski definition) is 0. The van der Waals surface area contributed by atoms with Gasteiger partial charge in [-0.25, -0.2) is 4.79 Å². The molecule has 2 heterocycles. The van der Waals surface area contributed by atoms with Crippen LogP contribution in [0.2, 0.25) is 0 Å². The van der Waals surface area contributed by atoms with Crippen molar-refractivity contribution >= 4 is 27.7 Å². The molecule has 3 rings (SSSR count). The van der Waals surface area contributed by atoms with E-state index in [9.17, 15) is 9.59 Å². The SMILES string of the molecule is Cc1cc(C(=O)COC(=O)c2cncc(Br)c2)c(C)n1CCc1ccccc1. The molecule has 0 amide bonds. The van der Waals surface area contributed by atoms with Gasteiger partial charge in [0.25, 0.3) is 0 Å². The summed E-state index contributed by atoms with van der Waals surface area (Å²) in [6.45, 7) is 4.39. The maximum Gasteiger partial charge on any atom is 0.340 e. The number of hydrogen-bond acceptors (Lipinski definition) is 4. The number of aryl methyl sites for hydroxylation is 2. The molecule has 2 aromatic heterocycles. The van der Waals surface area contributed by atoms with E-state index in [0.717, 1.165) is 24.4 Å². The fourth-order valence-corrected chi connectivity index (χ4v) is 3.49. The zero-order chi connectivity index (χ0) is 20.1. The van der Waals surface area contributed by atoms with E-state index < -0.39 is 5.97 Å². The molecule has 0 atom stereocenters. The highest BCUT2D eigenvalue weighted by molar-refractivity contribution is 9.10. The van der Waals surface area contributed by atoms with Crippen LogP contribution in [0.25, 0.3) is 0 Å². The van der Waals surface area contributed by atoms with E-state index >= 15 is 0 Å². The summed E-state index contributed by atoms with van der Waals surface area (Å²) in [4.78, 5) is 28.6. The molecule has 0 aliphatic heterocycles. The summed E-state index contributed by atoms with van der Waals surface area (Å²) in [5, 5.41) is 0. The Morgan fingerprint density at radius 2 is 1.86 bits per heavy atom. The van der Waals surface area contributed by atoms with Crippen LogP contribution >= 0.6 is 15.9 Å². The van der Waals surface area contributed by atoms with E-state index in [2.05, 4.69) is 37.6 Å². The van der Waals surface area contributed by atoms with Crippen molar-refractivity contribution in [3.8, 4) is 0 Å². The average Bonchev–Trinajstić information content (AvgIpc) is 2.98. The van der Waals surface area contributed by atoms with Crippen LogP contribution in [0.3, 0.4) is 0 Å². The third kappa shape index (κ3) is 4.75. The highest BCUT2D eigenvalue weighted by atomic mass is 79.9. The van der Waals surface area contributed by atoms with Gasteiger partial charge in [0.15, 0.2) is 6.61 Å². The van der Waals surface area contributed by atoms with Crippen LogP contribution in [0.15, 0.2) is 59.3 Å². The second kappa shape index (κ2) is 8.97. The maximum absolute atomic E-state index is 12.6. The molecule has 0 fully saturated rings. The molecule has 1 aromatic carbocycles. The number of carbonyl (C=O) groups excluding carboxylic acids is 2. The van der Waals surface area contributed by atoms with E-state index in [4.69, 9.17) is 4.74 Å². The zero-order valence-corrected chi connectivity index (χ0v) is 17.4. The van der Waals surface area contributed by atoms with Gasteiger partial charge in [0.1, 0.15) is 0 Å². The summed E-state index contributed by atoms with van der Waals surface area (Å²) < 4.78 is 7.98. The first-order valence-electron chi connectivity index (χ1n) is 8.97. The van der Waals surface area contributed by atoms with Crippen molar-refractivity contribution in [1.29, 1.82) is 0 Å². The number of aromatic nitrogens is 2. The first-order valence-corrected chi connectivity index (χ1v) is 9.76. The van der Waals surface area contributed by atoms with Gasteiger partial charge in [0.05, 0.1) is 5.56 Å². The van der Waals surface area contributed by atoms with Crippen LogP contribution < -0.4 is 0 Å². The van der Waals surface area contributed by atoms with Crippen molar-refractivity contribution in [2.45, 2.75) is 26.8 Å². The summed E-state index contributed by atoms with van der Waals surface area (Å²) >= 11 is 3.26. The van der Waals surface area contributed by atoms with Crippen molar-refractivity contribution in [2.75, 3.05) is 6.61 Å². The highest BCUT2D eigenvalue weighted by Gasteiger charge is 2.18. The first kappa shape index (κ1) is 20.0. The standard InChI is InChI=1S/C22H21BrN2O3/c1-15-10-20(16(2)25(15)9-8-17-6-4-3-5-7-17)21(26)14-28-22(27)18-11-19(23)13-24-12-18/h3-7,10-13H,8-9,14H2,1-2H3. The Hall–Kier alpha value is -2.73. The molecular weight excluding hydrogens is 420 g/mol. The molecule has 0 radical (unpaired) electrons. The third-order valence-corrected chi connectivity index (χ3v) is 5.05. The first-order chi connectivity index (χ1) is 13.5. The number of ketones is 1. The molecule has 0 aliphatic carbocycles. The van der Waals surface area contributed by atoms with Crippen molar-refractivity contribution < 1.29 is 14.3 Å². The van der Waals surface area contributed by atoms with Gasteiger partial charge in [-0.05, 0) is 53.9 Å². The Balaban J connectivity index is 1.64. The maximum atomic E-state index is 12.6. The topological polar surface area (TPSA) is 61.2 Å². The average molecular weight is 441 g/mol. The number of Topliss-reactive ketones (excluding diaryl/α,β-unsaturated/α-hetero) is 1. The zero-order valence-electron chi connectivity index (χ0n) is 15.8. The minimum Gasteiger partial charge on any atom is -0.454 e. The predicted molar refractivity (Wildman–Crippen MR) is 111 cm³/mol. The van der Waals surface area contributed by atoms with Gasteiger partial charge in [-0.1, -0.05) is 30.3 Å². The Labute approximate surface area is 172 Å². The number of esters is 1. The van der Waals surface area contributed by atoms with Crippen LogP contribution in [0.4, 0.5) is 0 Å². The second-order valence-corrected chi connectivity index (χ2v) is 7.48. The van der Waals surface area contributed by atoms with Crippen LogP contribution in [0.1, 0.15) is 37.7 Å². The fraction of sp³-hybridized carbons (Fsp3) is 0.227. The Morgan fingerprint density at radius 3 is 2.57 bits per heavy atom. The van der Waals surface area contributed by atoms with Crippen LogP contribution in [-0.2, 0) is 17.7 Å². The van der Waals surface area contributed by atoms with Crippen LogP contribution in [0.5, 0.6) is 0 Å². The largest absolute Gasteiger partial charge is 0.454 e. The fourth-order valence-electron chi connectivity index (χ4n) is 3.13. The number of halogens is 1. The molecule has 6 heteroatoms. The molecule has 0 N–H and O–H groups in total. The van der Waals surface area contributed by atoms with Crippen molar-refractivity contribution in [2.24, 2.45) is 0 Å². The van der Waals surface area contributed by atoms with Crippen LogP contribution in [-0.4, -0.2) is 27.9 Å². The van der Waals surface area contributed by atoms with E-state index in [-0.39, 0.29) is 12.4 Å². The number of ether oxygens (including phenoxy) is 1. The molecule has 0 saturated carbocycles. The molecule has 28 heavy (non-hydrogen) atoms.